The molecule has 3 aromatic carbocycles. The van der Waals surface area contributed by atoms with Crippen LogP contribution >= 0.6 is 104 Å². The molecule has 0 unspecified atom stereocenters. The number of thiophene rings is 3. The number of nitrogens with zero attached hydrogens (tertiary/aromatic N) is 4. The van der Waals surface area contributed by atoms with Gasteiger partial charge in [0.05, 0.1) is 66.6 Å². The van der Waals surface area contributed by atoms with Crippen molar-refractivity contribution in [1.82, 2.24) is 18.6 Å². The summed E-state index contributed by atoms with van der Waals surface area (Å²) in [6.45, 7) is 15.4. The summed E-state index contributed by atoms with van der Waals surface area (Å²) >= 11 is 41.9. The molecule has 0 atom stereocenters. The van der Waals surface area contributed by atoms with Crippen LogP contribution in [0, 0.1) is 20.8 Å². The van der Waals surface area contributed by atoms with Crippen molar-refractivity contribution in [3.05, 3.63) is 170 Å². The van der Waals surface area contributed by atoms with Gasteiger partial charge in [0.25, 0.3) is 0 Å². The Hall–Kier alpha value is -3.99. The summed E-state index contributed by atoms with van der Waals surface area (Å²) in [5.74, 6) is -0.251. The number of benzene rings is 3. The van der Waals surface area contributed by atoms with Gasteiger partial charge in [0, 0.05) is 96.3 Å². The summed E-state index contributed by atoms with van der Waals surface area (Å²) in [5, 5.41) is 11.1. The van der Waals surface area contributed by atoms with Crippen molar-refractivity contribution >= 4 is 152 Å². The van der Waals surface area contributed by atoms with Crippen LogP contribution in [-0.4, -0.2) is 82.5 Å². The Morgan fingerprint density at radius 1 is 0.535 bits per heavy atom. The van der Waals surface area contributed by atoms with Gasteiger partial charge in [-0.2, -0.15) is 0 Å². The quantitative estimate of drug-likeness (QED) is 0.107. The van der Waals surface area contributed by atoms with E-state index in [4.69, 9.17) is 79.1 Å². The molecule has 9 nitrogen and oxygen atoms in total. The molecule has 9 aromatic rings. The first-order valence-corrected chi connectivity index (χ1v) is 27.5. The van der Waals surface area contributed by atoms with Crippen molar-refractivity contribution in [2.45, 2.75) is 47.3 Å². The molecule has 1 fully saturated rings. The first-order chi connectivity index (χ1) is 34.2. The number of hydrogen-bond donors (Lipinski definition) is 0. The van der Waals surface area contributed by atoms with Gasteiger partial charge in [0.1, 0.15) is 14.5 Å². The normalized spacial score (nSPS) is 12.9. The minimum atomic E-state index is -0.102. The predicted octanol–water partition coefficient (Wildman–Crippen LogP) is 15.6. The Morgan fingerprint density at radius 2 is 0.901 bits per heavy atom. The first-order valence-electron chi connectivity index (χ1n) is 22.6. The van der Waals surface area contributed by atoms with Gasteiger partial charge in [-0.15, -0.1) is 34.0 Å². The molecule has 0 bridgehead atoms. The van der Waals surface area contributed by atoms with Gasteiger partial charge in [-0.25, -0.2) is 0 Å². The summed E-state index contributed by atoms with van der Waals surface area (Å²) in [5.41, 5.74) is 6.33. The zero-order chi connectivity index (χ0) is 50.7. The second-order valence-electron chi connectivity index (χ2n) is 16.6. The van der Waals surface area contributed by atoms with Crippen LogP contribution in [-0.2, 0) is 29.1 Å². The van der Waals surface area contributed by atoms with E-state index in [0.717, 1.165) is 105 Å². The van der Waals surface area contributed by atoms with Gasteiger partial charge in [0.2, 0.25) is 0 Å². The van der Waals surface area contributed by atoms with Crippen molar-refractivity contribution in [2.24, 2.45) is 0 Å². The molecule has 0 saturated carbocycles. The van der Waals surface area contributed by atoms with E-state index in [1.165, 1.54) is 0 Å². The highest BCUT2D eigenvalue weighted by Crippen LogP contribution is 2.38. The molecule has 0 N–H and O–H groups in total. The molecule has 0 aliphatic carbocycles. The predicted molar refractivity (Wildman–Crippen MR) is 298 cm³/mol. The topological polar surface area (TPSA) is 87.7 Å². The average molecular weight is 1130 g/mol. The fourth-order valence-corrected chi connectivity index (χ4v) is 13.2. The Labute approximate surface area is 453 Å². The van der Waals surface area contributed by atoms with E-state index >= 15 is 0 Å². The van der Waals surface area contributed by atoms with Crippen LogP contribution in [0.2, 0.25) is 30.1 Å². The molecule has 18 heteroatoms. The van der Waals surface area contributed by atoms with Crippen molar-refractivity contribution in [3.8, 4) is 0 Å². The van der Waals surface area contributed by atoms with Crippen LogP contribution in [0.5, 0.6) is 0 Å². The SMILES string of the molecule is CCn1c(C)c(C(=O)c2cccc(Cl)c2Cl)c2ccsc21.COCCn1c(C)c(C(=O)c2cccc(Cl)c2Cl)c2ccsc21.Cc1c(C(=O)c2cccc(Cl)c2Cl)c2ccsc2n1CCN1CCOCC1. The van der Waals surface area contributed by atoms with Gasteiger partial charge in [-0.1, -0.05) is 87.8 Å². The van der Waals surface area contributed by atoms with Crippen LogP contribution in [0.1, 0.15) is 71.8 Å². The summed E-state index contributed by atoms with van der Waals surface area (Å²) in [7, 11) is 1.67. The fourth-order valence-electron chi connectivity index (χ4n) is 9.02. The van der Waals surface area contributed by atoms with E-state index in [-0.39, 0.29) is 17.3 Å². The van der Waals surface area contributed by atoms with E-state index in [1.54, 1.807) is 95.7 Å². The Kier molecular flexibility index (Phi) is 17.6. The van der Waals surface area contributed by atoms with E-state index in [0.29, 0.717) is 65.5 Å². The fraction of sp³-hybridized carbons (Fsp3) is 0.264. The third-order valence-corrected chi connectivity index (χ3v) is 17.9. The van der Waals surface area contributed by atoms with E-state index in [2.05, 4.69) is 25.5 Å². The monoisotopic (exact) mass is 1130 g/mol. The van der Waals surface area contributed by atoms with E-state index in [1.807, 2.05) is 55.1 Å². The maximum absolute atomic E-state index is 13.3. The molecular weight excluding hydrogens is 1080 g/mol. The van der Waals surface area contributed by atoms with Crippen molar-refractivity contribution in [3.63, 3.8) is 0 Å². The van der Waals surface area contributed by atoms with E-state index in [9.17, 15) is 14.4 Å². The third-order valence-electron chi connectivity index (χ3n) is 12.6. The number of halogens is 6. The van der Waals surface area contributed by atoms with Crippen LogP contribution in [0.25, 0.3) is 30.6 Å². The number of carbonyl (C=O) groups excluding carboxylic acids is 3. The lowest BCUT2D eigenvalue weighted by Crippen LogP contribution is -2.38. The van der Waals surface area contributed by atoms with Crippen LogP contribution in [0.4, 0.5) is 0 Å². The van der Waals surface area contributed by atoms with Crippen molar-refractivity contribution in [1.29, 1.82) is 0 Å². The summed E-state index contributed by atoms with van der Waals surface area (Å²) in [6, 6.07) is 21.5. The number of ketones is 3. The number of methoxy groups -OCH3 is 1. The number of morpholine rings is 1. The minimum absolute atomic E-state index is 0.0735. The van der Waals surface area contributed by atoms with Crippen LogP contribution in [0.3, 0.4) is 0 Å². The summed E-state index contributed by atoms with van der Waals surface area (Å²) < 4.78 is 17.1. The van der Waals surface area contributed by atoms with Gasteiger partial charge in [-0.3, -0.25) is 19.3 Å². The number of hydrogen-bond acceptors (Lipinski definition) is 9. The number of aryl methyl sites for hydroxylation is 1. The zero-order valence-electron chi connectivity index (χ0n) is 39.3. The van der Waals surface area contributed by atoms with Crippen LogP contribution in [0.15, 0.2) is 88.9 Å². The van der Waals surface area contributed by atoms with Crippen LogP contribution < -0.4 is 0 Å². The summed E-state index contributed by atoms with van der Waals surface area (Å²) in [6.07, 6.45) is 0. The highest BCUT2D eigenvalue weighted by atomic mass is 35.5. The van der Waals surface area contributed by atoms with Gasteiger partial charge < -0.3 is 23.2 Å². The van der Waals surface area contributed by atoms with Gasteiger partial charge in [-0.05, 0) is 98.4 Å². The molecule has 370 valence electrons. The second-order valence-corrected chi connectivity index (χ2v) is 21.6. The third kappa shape index (κ3) is 10.7. The zero-order valence-corrected chi connectivity index (χ0v) is 46.3. The standard InChI is InChI=1S/C20H20Cl2N2O2S.C17H15Cl2NO2S.C16H13Cl2NOS/c1-13-17(19(25)15-3-2-4-16(21)18(15)22)14-5-12-27-20(14)24(13)7-6-23-8-10-26-11-9-23;1-10-14(16(21)12-4-3-5-13(18)15(12)19)11-6-9-23-17(11)20(10)7-8-22-2;1-3-19-9(2)13(10-7-8-21-16(10)19)15(20)11-5-4-6-12(17)14(11)18/h2-5,12H,6-11H2,1H3;3-6,9H,7-8H2,1-2H3;4-8H,3H2,1-2H3. The molecule has 0 radical (unpaired) electrons. The number of rotatable bonds is 13. The highest BCUT2D eigenvalue weighted by molar-refractivity contribution is 7.17. The Bertz CT molecular complexity index is 3430. The largest absolute Gasteiger partial charge is 0.383 e. The molecular formula is C53H48Cl6N4O5S3. The molecule has 0 spiro atoms. The summed E-state index contributed by atoms with van der Waals surface area (Å²) in [4.78, 5) is 45.0. The molecule has 1 aliphatic heterocycles. The first kappa shape index (κ1) is 53.3. The number of aromatic nitrogens is 3. The van der Waals surface area contributed by atoms with E-state index < -0.39 is 0 Å². The number of ether oxygens (including phenoxy) is 2. The van der Waals surface area contributed by atoms with Gasteiger partial charge in [0.15, 0.2) is 17.3 Å². The Morgan fingerprint density at radius 3 is 1.28 bits per heavy atom. The Balaban J connectivity index is 0.000000144. The van der Waals surface area contributed by atoms with Crippen molar-refractivity contribution in [2.75, 3.05) is 46.6 Å². The lowest BCUT2D eigenvalue weighted by Gasteiger charge is -2.26. The average Bonchev–Trinajstić information content (AvgIpc) is 4.23. The molecule has 7 heterocycles. The van der Waals surface area contributed by atoms with Crippen molar-refractivity contribution < 1.29 is 23.9 Å². The second kappa shape index (κ2) is 23.5. The highest BCUT2D eigenvalue weighted by Gasteiger charge is 2.27. The molecule has 1 saturated heterocycles. The maximum Gasteiger partial charge on any atom is 0.197 e. The molecule has 6 aromatic heterocycles. The molecule has 1 aliphatic rings. The molecule has 71 heavy (non-hydrogen) atoms. The number of fused-ring (bicyclic) bond motifs is 3. The van der Waals surface area contributed by atoms with Gasteiger partial charge >= 0.3 is 0 Å². The minimum Gasteiger partial charge on any atom is -0.383 e. The lowest BCUT2D eigenvalue weighted by atomic mass is 10.0. The molecule has 0 amide bonds. The smallest absolute Gasteiger partial charge is 0.197 e. The number of carbonyl (C=O) groups is 3. The molecule has 10 rings (SSSR count). The maximum atomic E-state index is 13.3. The lowest BCUT2D eigenvalue weighted by molar-refractivity contribution is 0.0365.